The minimum atomic E-state index is 0.155. The molecule has 0 unspecified atom stereocenters. The first-order chi connectivity index (χ1) is 15.4. The number of H-pyrrole nitrogens is 1. The number of hydrogen-bond donors (Lipinski definition) is 3. The van der Waals surface area contributed by atoms with E-state index in [0.29, 0.717) is 16.5 Å². The summed E-state index contributed by atoms with van der Waals surface area (Å²) in [4.78, 5) is 20.3. The predicted octanol–water partition coefficient (Wildman–Crippen LogP) is 4.58. The molecule has 4 rings (SSSR count). The van der Waals surface area contributed by atoms with E-state index in [0.717, 1.165) is 33.4 Å². The number of benzene rings is 1. The Balaban J connectivity index is 1.82. The second-order valence-electron chi connectivity index (χ2n) is 7.49. The minimum absolute atomic E-state index is 0.155. The van der Waals surface area contributed by atoms with Crippen LogP contribution >= 0.6 is 11.6 Å². The lowest BCUT2D eigenvalue weighted by Crippen LogP contribution is -2.13. The third-order valence-electron chi connectivity index (χ3n) is 4.98. The summed E-state index contributed by atoms with van der Waals surface area (Å²) in [6.45, 7) is 0. The topological polar surface area (TPSA) is 111 Å². The zero-order valence-corrected chi connectivity index (χ0v) is 18.7. The fraction of sp³-hybridized carbons (Fsp3) is 0.130. The maximum absolute atomic E-state index is 7.77. The summed E-state index contributed by atoms with van der Waals surface area (Å²) in [5.41, 5.74) is 10.7. The molecule has 162 valence electrons. The first-order valence-corrected chi connectivity index (χ1v) is 10.2. The van der Waals surface area contributed by atoms with E-state index in [1.807, 2.05) is 79.7 Å². The van der Waals surface area contributed by atoms with Crippen molar-refractivity contribution in [2.75, 3.05) is 31.8 Å². The van der Waals surface area contributed by atoms with Crippen molar-refractivity contribution in [3.63, 3.8) is 0 Å². The van der Waals surface area contributed by atoms with Crippen LogP contribution in [0.15, 0.2) is 55.0 Å². The number of aromatic amines is 1. The fourth-order valence-corrected chi connectivity index (χ4v) is 3.72. The lowest BCUT2D eigenvalue weighted by Gasteiger charge is -2.20. The van der Waals surface area contributed by atoms with Crippen LogP contribution in [0.2, 0.25) is 5.02 Å². The Morgan fingerprint density at radius 3 is 2.66 bits per heavy atom. The highest BCUT2D eigenvalue weighted by molar-refractivity contribution is 6.33. The molecule has 9 heteroatoms. The summed E-state index contributed by atoms with van der Waals surface area (Å²) in [5, 5.41) is 9.26. The van der Waals surface area contributed by atoms with E-state index in [1.165, 1.54) is 6.21 Å². The number of fused-ring (bicyclic) bond motifs is 1. The Labute approximate surface area is 190 Å². The molecule has 0 aliphatic heterocycles. The van der Waals surface area contributed by atoms with E-state index in [4.69, 9.17) is 22.7 Å². The molecule has 0 aliphatic carbocycles. The van der Waals surface area contributed by atoms with Crippen LogP contribution in [0, 0.1) is 5.41 Å². The maximum Gasteiger partial charge on any atom is 0.222 e. The van der Waals surface area contributed by atoms with Crippen molar-refractivity contribution in [3.8, 4) is 11.3 Å². The summed E-state index contributed by atoms with van der Waals surface area (Å²) in [5.74, 6) is 0.772. The molecule has 0 aliphatic rings. The van der Waals surface area contributed by atoms with Gasteiger partial charge in [-0.05, 0) is 18.2 Å². The highest BCUT2D eigenvalue weighted by Crippen LogP contribution is 2.33. The van der Waals surface area contributed by atoms with Gasteiger partial charge in [-0.1, -0.05) is 23.7 Å². The van der Waals surface area contributed by atoms with Crippen LogP contribution in [0.3, 0.4) is 0 Å². The third kappa shape index (κ3) is 4.13. The molecular formula is C23H23ClN8. The second-order valence-corrected chi connectivity index (χ2v) is 7.90. The average Bonchev–Trinajstić information content (AvgIpc) is 3.20. The lowest BCUT2D eigenvalue weighted by molar-refractivity contribution is 0.566. The molecule has 0 radical (unpaired) electrons. The van der Waals surface area contributed by atoms with Gasteiger partial charge in [-0.15, -0.1) is 0 Å². The van der Waals surface area contributed by atoms with Gasteiger partial charge in [0.05, 0.1) is 16.4 Å². The van der Waals surface area contributed by atoms with Crippen LogP contribution in [-0.4, -0.2) is 52.2 Å². The van der Waals surface area contributed by atoms with Gasteiger partial charge in [-0.2, -0.15) is 4.98 Å². The SMILES string of the molecule is CN(C)/C=C(\C=N)c1cnc2[nH]cc(-c3cc(N(C)c4ccccc4Cl)nc(N)n3)c2c1. The van der Waals surface area contributed by atoms with Gasteiger partial charge in [-0.25, -0.2) is 9.97 Å². The number of halogens is 1. The van der Waals surface area contributed by atoms with E-state index >= 15 is 0 Å². The number of hydrogen-bond acceptors (Lipinski definition) is 7. The van der Waals surface area contributed by atoms with E-state index in [1.54, 1.807) is 6.20 Å². The number of nitrogens with one attached hydrogen (secondary N) is 2. The Kier molecular flexibility index (Phi) is 5.79. The van der Waals surface area contributed by atoms with Crippen molar-refractivity contribution in [2.45, 2.75) is 0 Å². The van der Waals surface area contributed by atoms with Gasteiger partial charge in [-0.3, -0.25) is 0 Å². The standard InChI is InChI=1S/C23H23ClN8/c1-31(2)13-15(10-25)14-8-16-17(12-28-22(16)27-11-14)19-9-21(30-23(26)29-19)32(3)20-7-5-4-6-18(20)24/h4-13,25H,1-3H3,(H,27,28)(H2,26,29,30)/b15-13+,25-10?. The summed E-state index contributed by atoms with van der Waals surface area (Å²) in [6, 6.07) is 11.4. The van der Waals surface area contributed by atoms with Crippen molar-refractivity contribution in [3.05, 3.63) is 65.6 Å². The Morgan fingerprint density at radius 1 is 1.16 bits per heavy atom. The molecule has 3 heterocycles. The number of allylic oxidation sites excluding steroid dienone is 1. The second kappa shape index (κ2) is 8.68. The molecule has 0 spiro atoms. The Morgan fingerprint density at radius 2 is 1.94 bits per heavy atom. The molecule has 1 aromatic carbocycles. The molecule has 4 N–H and O–H groups in total. The first-order valence-electron chi connectivity index (χ1n) is 9.87. The fourth-order valence-electron chi connectivity index (χ4n) is 3.46. The monoisotopic (exact) mass is 446 g/mol. The number of nitrogen functional groups attached to an aromatic ring is 1. The van der Waals surface area contributed by atoms with Crippen molar-refractivity contribution in [2.24, 2.45) is 0 Å². The smallest absolute Gasteiger partial charge is 0.222 e. The average molecular weight is 447 g/mol. The van der Waals surface area contributed by atoms with Gasteiger partial charge in [0, 0.05) is 74.1 Å². The molecule has 0 fully saturated rings. The highest BCUT2D eigenvalue weighted by Gasteiger charge is 2.16. The largest absolute Gasteiger partial charge is 0.383 e. The summed E-state index contributed by atoms with van der Waals surface area (Å²) >= 11 is 6.37. The van der Waals surface area contributed by atoms with Gasteiger partial charge in [0.15, 0.2) is 0 Å². The van der Waals surface area contributed by atoms with Gasteiger partial charge in [0.25, 0.3) is 0 Å². The summed E-state index contributed by atoms with van der Waals surface area (Å²) in [7, 11) is 5.71. The molecule has 8 nitrogen and oxygen atoms in total. The van der Waals surface area contributed by atoms with E-state index < -0.39 is 0 Å². The zero-order valence-electron chi connectivity index (χ0n) is 18.0. The Bertz CT molecular complexity index is 1320. The zero-order chi connectivity index (χ0) is 22.8. The first kappa shape index (κ1) is 21.3. The van der Waals surface area contributed by atoms with Gasteiger partial charge < -0.3 is 25.9 Å². The van der Waals surface area contributed by atoms with Crippen LogP contribution in [0.1, 0.15) is 5.56 Å². The quantitative estimate of drug-likeness (QED) is 0.374. The molecular weight excluding hydrogens is 424 g/mol. The minimum Gasteiger partial charge on any atom is -0.383 e. The number of rotatable bonds is 6. The van der Waals surface area contributed by atoms with Crippen LogP contribution in [0.25, 0.3) is 27.9 Å². The van der Waals surface area contributed by atoms with E-state index in [2.05, 4.69) is 19.9 Å². The number of para-hydroxylation sites is 1. The van der Waals surface area contributed by atoms with E-state index in [-0.39, 0.29) is 5.95 Å². The molecule has 0 atom stereocenters. The third-order valence-corrected chi connectivity index (χ3v) is 5.30. The van der Waals surface area contributed by atoms with Crippen molar-refractivity contribution < 1.29 is 0 Å². The molecule has 0 amide bonds. The molecule has 32 heavy (non-hydrogen) atoms. The molecule has 4 aromatic rings. The molecule has 3 aromatic heterocycles. The van der Waals surface area contributed by atoms with E-state index in [9.17, 15) is 0 Å². The van der Waals surface area contributed by atoms with Gasteiger partial charge >= 0.3 is 0 Å². The number of aromatic nitrogens is 4. The maximum atomic E-state index is 7.77. The van der Waals surface area contributed by atoms with Crippen LogP contribution in [0.5, 0.6) is 0 Å². The molecule has 0 saturated carbocycles. The highest BCUT2D eigenvalue weighted by atomic mass is 35.5. The predicted molar refractivity (Wildman–Crippen MR) is 131 cm³/mol. The van der Waals surface area contributed by atoms with Gasteiger partial charge in [0.1, 0.15) is 11.5 Å². The number of nitrogens with two attached hydrogens (primary N) is 1. The van der Waals surface area contributed by atoms with Crippen LogP contribution in [0.4, 0.5) is 17.5 Å². The normalized spacial score (nSPS) is 11.6. The van der Waals surface area contributed by atoms with Crippen LogP contribution < -0.4 is 10.6 Å². The number of pyridine rings is 1. The van der Waals surface area contributed by atoms with Gasteiger partial charge in [0.2, 0.25) is 5.95 Å². The van der Waals surface area contributed by atoms with Crippen LogP contribution in [-0.2, 0) is 0 Å². The number of nitrogens with zero attached hydrogens (tertiary/aromatic N) is 5. The lowest BCUT2D eigenvalue weighted by atomic mass is 10.1. The van der Waals surface area contributed by atoms with Crippen molar-refractivity contribution in [1.29, 1.82) is 5.41 Å². The summed E-state index contributed by atoms with van der Waals surface area (Å²) < 4.78 is 0. The van der Waals surface area contributed by atoms with Crippen molar-refractivity contribution in [1.82, 2.24) is 24.8 Å². The Hall–Kier alpha value is -3.91. The van der Waals surface area contributed by atoms with Crippen molar-refractivity contribution >= 4 is 51.9 Å². The number of anilines is 3. The molecule has 0 bridgehead atoms. The molecule has 0 saturated heterocycles. The summed E-state index contributed by atoms with van der Waals surface area (Å²) in [6.07, 6.45) is 6.78.